The Kier molecular flexibility index (Phi) is 9.48. The molecule has 184 valence electrons. The van der Waals surface area contributed by atoms with Gasteiger partial charge in [-0.3, -0.25) is 9.80 Å². The Morgan fingerprint density at radius 3 is 2.59 bits per heavy atom. The third-order valence-corrected chi connectivity index (χ3v) is 6.98. The first-order valence-electron chi connectivity index (χ1n) is 12.9. The highest BCUT2D eigenvalue weighted by molar-refractivity contribution is 5.82. The Bertz CT molecular complexity index is 1000. The molecule has 1 aromatic carbocycles. The lowest BCUT2D eigenvalue weighted by atomic mass is 9.94. The molecule has 0 aliphatic heterocycles. The molecule has 1 fully saturated rings. The summed E-state index contributed by atoms with van der Waals surface area (Å²) in [6, 6.07) is 12.7. The van der Waals surface area contributed by atoms with Crippen molar-refractivity contribution in [3.05, 3.63) is 65.9 Å². The number of hydrogen-bond donors (Lipinski definition) is 1. The molecular formula is C28H39FN4O. The summed E-state index contributed by atoms with van der Waals surface area (Å²) in [6.07, 6.45) is 11.5. The molecule has 1 aliphatic rings. The van der Waals surface area contributed by atoms with Crippen molar-refractivity contribution < 1.29 is 9.13 Å². The minimum absolute atomic E-state index is 0.393. The van der Waals surface area contributed by atoms with E-state index >= 15 is 0 Å². The van der Waals surface area contributed by atoms with Crippen LogP contribution in [0.4, 0.5) is 4.39 Å². The molecule has 1 aliphatic carbocycles. The van der Waals surface area contributed by atoms with Crippen molar-refractivity contribution in [1.29, 1.82) is 0 Å². The molecule has 34 heavy (non-hydrogen) atoms. The fraction of sp³-hybridized carbons (Fsp3) is 0.536. The molecule has 0 bridgehead atoms. The predicted molar refractivity (Wildman–Crippen MR) is 136 cm³/mol. The van der Waals surface area contributed by atoms with E-state index in [-0.39, 0.29) is 0 Å². The van der Waals surface area contributed by atoms with Gasteiger partial charge in [-0.2, -0.15) is 4.39 Å². The monoisotopic (exact) mass is 466 g/mol. The Balaban J connectivity index is 1.33. The van der Waals surface area contributed by atoms with Crippen LogP contribution >= 0.6 is 0 Å². The SMILES string of the molecule is CCCN(CCOCCN(Cc1cccnc1F)Cc1c[nH]c2ccccc12)C1CCCCC1. The number of aromatic nitrogens is 2. The molecule has 3 aromatic rings. The number of H-pyrrole nitrogens is 1. The van der Waals surface area contributed by atoms with Gasteiger partial charge in [0.2, 0.25) is 5.95 Å². The van der Waals surface area contributed by atoms with Crippen molar-refractivity contribution in [3.8, 4) is 0 Å². The Labute approximate surface area is 203 Å². The number of hydrogen-bond acceptors (Lipinski definition) is 4. The van der Waals surface area contributed by atoms with Crippen LogP contribution in [0.1, 0.15) is 56.6 Å². The normalized spacial score (nSPS) is 15.1. The lowest BCUT2D eigenvalue weighted by Gasteiger charge is -2.34. The smallest absolute Gasteiger partial charge is 0.217 e. The van der Waals surface area contributed by atoms with Crippen molar-refractivity contribution in [2.24, 2.45) is 0 Å². The van der Waals surface area contributed by atoms with Crippen molar-refractivity contribution in [1.82, 2.24) is 19.8 Å². The lowest BCUT2D eigenvalue weighted by molar-refractivity contribution is 0.0608. The van der Waals surface area contributed by atoms with Gasteiger partial charge in [-0.15, -0.1) is 0 Å². The van der Waals surface area contributed by atoms with Crippen LogP contribution in [0.3, 0.4) is 0 Å². The van der Waals surface area contributed by atoms with E-state index in [1.165, 1.54) is 55.7 Å². The van der Waals surface area contributed by atoms with Crippen LogP contribution in [-0.4, -0.2) is 58.7 Å². The molecule has 6 heteroatoms. The van der Waals surface area contributed by atoms with E-state index in [1.807, 2.05) is 12.1 Å². The van der Waals surface area contributed by atoms with Gasteiger partial charge in [-0.25, -0.2) is 4.98 Å². The van der Waals surface area contributed by atoms with Gasteiger partial charge >= 0.3 is 0 Å². The first kappa shape index (κ1) is 24.8. The lowest BCUT2D eigenvalue weighted by Crippen LogP contribution is -2.39. The van der Waals surface area contributed by atoms with Gasteiger partial charge in [-0.1, -0.05) is 50.5 Å². The van der Waals surface area contributed by atoms with Gasteiger partial charge in [0, 0.05) is 61.1 Å². The van der Waals surface area contributed by atoms with Crippen molar-refractivity contribution in [2.75, 3.05) is 32.8 Å². The van der Waals surface area contributed by atoms with E-state index in [0.717, 1.165) is 44.3 Å². The fourth-order valence-corrected chi connectivity index (χ4v) is 5.18. The van der Waals surface area contributed by atoms with Crippen LogP contribution < -0.4 is 0 Å². The number of halogens is 1. The molecule has 0 saturated heterocycles. The van der Waals surface area contributed by atoms with Crippen molar-refractivity contribution in [3.63, 3.8) is 0 Å². The molecule has 4 rings (SSSR count). The fourth-order valence-electron chi connectivity index (χ4n) is 5.18. The minimum Gasteiger partial charge on any atom is -0.379 e. The Hall–Kier alpha value is -2.28. The second-order valence-electron chi connectivity index (χ2n) is 9.46. The molecule has 0 radical (unpaired) electrons. The Morgan fingerprint density at radius 1 is 0.971 bits per heavy atom. The summed E-state index contributed by atoms with van der Waals surface area (Å²) >= 11 is 0. The summed E-state index contributed by atoms with van der Waals surface area (Å²) in [5, 5.41) is 1.21. The summed E-state index contributed by atoms with van der Waals surface area (Å²) in [4.78, 5) is 12.1. The maximum Gasteiger partial charge on any atom is 0.217 e. The van der Waals surface area contributed by atoms with E-state index in [0.29, 0.717) is 18.7 Å². The van der Waals surface area contributed by atoms with Crippen LogP contribution in [0, 0.1) is 5.95 Å². The summed E-state index contributed by atoms with van der Waals surface area (Å²) in [5.74, 6) is -0.393. The standard InChI is InChI=1S/C28H39FN4O/c1-2-15-33(25-10-4-3-5-11-25)17-19-34-18-16-32(21-23-9-8-14-30-28(23)29)22-24-20-31-27-13-7-6-12-26(24)27/h6-9,12-14,20,25,31H,2-5,10-11,15-19,21-22H2,1H3. The predicted octanol–water partition coefficient (Wildman–Crippen LogP) is 5.77. The van der Waals surface area contributed by atoms with Crippen LogP contribution in [0.25, 0.3) is 10.9 Å². The molecule has 0 amide bonds. The van der Waals surface area contributed by atoms with Crippen LogP contribution in [0.5, 0.6) is 0 Å². The summed E-state index contributed by atoms with van der Waals surface area (Å²) in [7, 11) is 0. The zero-order valence-corrected chi connectivity index (χ0v) is 20.5. The Morgan fingerprint density at radius 2 is 1.76 bits per heavy atom. The maximum atomic E-state index is 14.3. The van der Waals surface area contributed by atoms with Gasteiger partial charge in [0.15, 0.2) is 0 Å². The second kappa shape index (κ2) is 13.0. The third kappa shape index (κ3) is 6.87. The zero-order valence-electron chi connectivity index (χ0n) is 20.5. The number of fused-ring (bicyclic) bond motifs is 1. The molecular weight excluding hydrogens is 427 g/mol. The van der Waals surface area contributed by atoms with Crippen LogP contribution in [0.15, 0.2) is 48.8 Å². The topological polar surface area (TPSA) is 44.4 Å². The number of aromatic amines is 1. The first-order chi connectivity index (χ1) is 16.7. The van der Waals surface area contributed by atoms with E-state index in [1.54, 1.807) is 6.07 Å². The molecule has 0 atom stereocenters. The number of para-hydroxylation sites is 1. The van der Waals surface area contributed by atoms with Gasteiger partial charge in [0.25, 0.3) is 0 Å². The summed E-state index contributed by atoms with van der Waals surface area (Å²) in [5.41, 5.74) is 2.96. The quantitative estimate of drug-likeness (QED) is 0.257. The summed E-state index contributed by atoms with van der Waals surface area (Å²) in [6.45, 7) is 7.77. The van der Waals surface area contributed by atoms with Crippen LogP contribution in [-0.2, 0) is 17.8 Å². The van der Waals surface area contributed by atoms with Crippen molar-refractivity contribution >= 4 is 10.9 Å². The molecule has 0 spiro atoms. The highest BCUT2D eigenvalue weighted by Crippen LogP contribution is 2.23. The molecule has 1 saturated carbocycles. The largest absolute Gasteiger partial charge is 0.379 e. The third-order valence-electron chi connectivity index (χ3n) is 6.98. The average Bonchev–Trinajstić information content (AvgIpc) is 3.28. The molecule has 2 heterocycles. The first-order valence-corrected chi connectivity index (χ1v) is 12.9. The van der Waals surface area contributed by atoms with Crippen LogP contribution in [0.2, 0.25) is 0 Å². The van der Waals surface area contributed by atoms with E-state index in [2.05, 4.69) is 51.1 Å². The molecule has 2 aromatic heterocycles. The zero-order chi connectivity index (χ0) is 23.6. The van der Waals surface area contributed by atoms with Gasteiger partial charge in [0.1, 0.15) is 0 Å². The number of pyridine rings is 1. The summed E-state index contributed by atoms with van der Waals surface area (Å²) < 4.78 is 20.4. The number of rotatable bonds is 13. The van der Waals surface area contributed by atoms with E-state index in [9.17, 15) is 4.39 Å². The number of ether oxygens (including phenoxy) is 1. The minimum atomic E-state index is -0.393. The molecule has 1 N–H and O–H groups in total. The van der Waals surface area contributed by atoms with Crippen molar-refractivity contribution in [2.45, 2.75) is 64.6 Å². The average molecular weight is 467 g/mol. The van der Waals surface area contributed by atoms with E-state index in [4.69, 9.17) is 4.74 Å². The number of benzene rings is 1. The van der Waals surface area contributed by atoms with Gasteiger partial charge in [-0.05, 0) is 43.5 Å². The maximum absolute atomic E-state index is 14.3. The second-order valence-corrected chi connectivity index (χ2v) is 9.46. The van der Waals surface area contributed by atoms with Gasteiger partial charge < -0.3 is 9.72 Å². The molecule has 5 nitrogen and oxygen atoms in total. The number of nitrogens with zero attached hydrogens (tertiary/aromatic N) is 3. The van der Waals surface area contributed by atoms with Gasteiger partial charge in [0.05, 0.1) is 13.2 Å². The highest BCUT2D eigenvalue weighted by Gasteiger charge is 2.20. The number of nitrogens with one attached hydrogen (secondary N) is 1. The molecule has 0 unspecified atom stereocenters. The highest BCUT2D eigenvalue weighted by atomic mass is 19.1. The van der Waals surface area contributed by atoms with E-state index < -0.39 is 5.95 Å².